The van der Waals surface area contributed by atoms with Crippen molar-refractivity contribution in [1.82, 2.24) is 4.98 Å². The van der Waals surface area contributed by atoms with Gasteiger partial charge in [-0.1, -0.05) is 19.2 Å². The third kappa shape index (κ3) is 1.34. The van der Waals surface area contributed by atoms with E-state index in [4.69, 9.17) is 0 Å². The minimum atomic E-state index is 1.01. The Hall–Kier alpha value is -1.96. The van der Waals surface area contributed by atoms with E-state index >= 15 is 0 Å². The number of hydrogen-bond acceptors (Lipinski definition) is 2. The second kappa shape index (κ2) is 3.89. The zero-order valence-electron chi connectivity index (χ0n) is 9.62. The zero-order chi connectivity index (χ0) is 11.7. The van der Waals surface area contributed by atoms with Crippen LogP contribution in [0.5, 0.6) is 0 Å². The number of nitrogens with zero attached hydrogens (tertiary/aromatic N) is 2. The molecule has 80 valence electrons. The third-order valence-electron chi connectivity index (χ3n) is 2.81. The molecule has 0 aromatic carbocycles. The quantitative estimate of drug-likeness (QED) is 0.689. The minimum absolute atomic E-state index is 1.01. The largest absolute Gasteiger partial charge is 0.296 e. The van der Waals surface area contributed by atoms with Crippen LogP contribution < -0.4 is 0 Å². The van der Waals surface area contributed by atoms with Gasteiger partial charge in [-0.3, -0.25) is 9.98 Å². The van der Waals surface area contributed by atoms with Crippen molar-refractivity contribution in [3.63, 3.8) is 0 Å². The third-order valence-corrected chi connectivity index (χ3v) is 2.81. The molecule has 1 aliphatic carbocycles. The van der Waals surface area contributed by atoms with Gasteiger partial charge in [0, 0.05) is 36.8 Å². The predicted octanol–water partition coefficient (Wildman–Crippen LogP) is 3.06. The van der Waals surface area contributed by atoms with Gasteiger partial charge in [0.05, 0.1) is 0 Å². The van der Waals surface area contributed by atoms with Crippen molar-refractivity contribution in [3.8, 4) is 0 Å². The number of pyridine rings is 1. The smallest absolute Gasteiger partial charge is 0.0353 e. The van der Waals surface area contributed by atoms with Gasteiger partial charge >= 0.3 is 0 Å². The molecule has 0 saturated heterocycles. The lowest BCUT2D eigenvalue weighted by atomic mass is 10.0. The highest BCUT2D eigenvalue weighted by molar-refractivity contribution is 6.16. The van der Waals surface area contributed by atoms with Gasteiger partial charge in [0.25, 0.3) is 0 Å². The molecule has 0 unspecified atom stereocenters. The maximum atomic E-state index is 4.22. The van der Waals surface area contributed by atoms with Gasteiger partial charge in [-0.05, 0) is 29.2 Å². The first-order chi connectivity index (χ1) is 7.70. The van der Waals surface area contributed by atoms with E-state index in [1.165, 1.54) is 5.56 Å². The summed E-state index contributed by atoms with van der Waals surface area (Å²) < 4.78 is 0. The lowest BCUT2D eigenvalue weighted by Crippen LogP contribution is -1.89. The molecule has 16 heavy (non-hydrogen) atoms. The molecule has 0 N–H and O–H groups in total. The highest BCUT2D eigenvalue weighted by Gasteiger charge is 2.23. The summed E-state index contributed by atoms with van der Waals surface area (Å²) in [5, 5.41) is 0. The Morgan fingerprint density at radius 2 is 2.06 bits per heavy atom. The van der Waals surface area contributed by atoms with Gasteiger partial charge in [0.15, 0.2) is 0 Å². The Bertz CT molecular complexity index is 534. The molecule has 1 aromatic heterocycles. The van der Waals surface area contributed by atoms with E-state index in [0.717, 1.165) is 27.8 Å². The Labute approximate surface area is 95.8 Å². The molecule has 0 aliphatic heterocycles. The van der Waals surface area contributed by atoms with E-state index < -0.39 is 0 Å². The van der Waals surface area contributed by atoms with Crippen LogP contribution in [-0.4, -0.2) is 18.2 Å². The second-order valence-electron chi connectivity index (χ2n) is 3.78. The molecule has 1 heterocycles. The van der Waals surface area contributed by atoms with Crippen molar-refractivity contribution in [3.05, 3.63) is 53.9 Å². The van der Waals surface area contributed by atoms with Crippen molar-refractivity contribution in [2.24, 2.45) is 4.99 Å². The first-order valence-corrected chi connectivity index (χ1v) is 5.14. The topological polar surface area (TPSA) is 25.2 Å². The molecule has 2 nitrogen and oxygen atoms in total. The van der Waals surface area contributed by atoms with Crippen LogP contribution >= 0.6 is 0 Å². The van der Waals surface area contributed by atoms with Crippen LogP contribution in [0.1, 0.15) is 16.7 Å². The molecule has 2 heteroatoms. The molecule has 0 radical (unpaired) electrons. The first kappa shape index (κ1) is 10.6. The van der Waals surface area contributed by atoms with E-state index in [-0.39, 0.29) is 0 Å². The Balaban J connectivity index is 2.74. The van der Waals surface area contributed by atoms with Crippen LogP contribution in [0.3, 0.4) is 0 Å². The minimum Gasteiger partial charge on any atom is -0.296 e. The summed E-state index contributed by atoms with van der Waals surface area (Å²) in [4.78, 5) is 8.28. The van der Waals surface area contributed by atoms with Crippen molar-refractivity contribution in [2.45, 2.75) is 6.92 Å². The number of aliphatic imine (C=N–C) groups is 1. The fraction of sp³-hybridized carbons (Fsp3) is 0.143. The lowest BCUT2D eigenvalue weighted by Gasteiger charge is -2.04. The van der Waals surface area contributed by atoms with Gasteiger partial charge in [0.1, 0.15) is 0 Å². The average Bonchev–Trinajstić information content (AvgIpc) is 2.54. The fourth-order valence-electron chi connectivity index (χ4n) is 2.11. The summed E-state index contributed by atoms with van der Waals surface area (Å²) in [6.45, 7) is 10.0. The standard InChI is InChI=1S/C14H14N2/c1-5-11-12(7-15-4)10(3)14-9(2)6-16-8-13(11)14/h5-8H,1,3H2,2,4H3. The predicted molar refractivity (Wildman–Crippen MR) is 69.5 cm³/mol. The Morgan fingerprint density at radius 3 is 2.69 bits per heavy atom. The van der Waals surface area contributed by atoms with Crippen molar-refractivity contribution < 1.29 is 0 Å². The summed E-state index contributed by atoms with van der Waals surface area (Å²) in [6.07, 6.45) is 7.39. The summed E-state index contributed by atoms with van der Waals surface area (Å²) in [5.74, 6) is 0. The van der Waals surface area contributed by atoms with Crippen molar-refractivity contribution in [2.75, 3.05) is 7.05 Å². The molecule has 1 aromatic rings. The summed E-state index contributed by atoms with van der Waals surface area (Å²) in [5.41, 5.74) is 6.54. The van der Waals surface area contributed by atoms with E-state index in [1.807, 2.05) is 31.6 Å². The fourth-order valence-corrected chi connectivity index (χ4v) is 2.11. The average molecular weight is 210 g/mol. The molecule has 0 fully saturated rings. The first-order valence-electron chi connectivity index (χ1n) is 5.14. The zero-order valence-corrected chi connectivity index (χ0v) is 9.62. The van der Waals surface area contributed by atoms with E-state index in [0.29, 0.717) is 0 Å². The van der Waals surface area contributed by atoms with Crippen LogP contribution in [0, 0.1) is 6.92 Å². The van der Waals surface area contributed by atoms with Crippen LogP contribution in [0.25, 0.3) is 11.1 Å². The van der Waals surface area contributed by atoms with E-state index in [1.54, 1.807) is 7.05 Å². The van der Waals surface area contributed by atoms with Crippen LogP contribution in [0.15, 0.2) is 42.2 Å². The van der Waals surface area contributed by atoms with Gasteiger partial charge in [-0.25, -0.2) is 0 Å². The SMILES string of the molecule is C=CC1=C(C=NC)C(=C)c2c(C)cncc21. The van der Waals surface area contributed by atoms with Gasteiger partial charge in [0.2, 0.25) is 0 Å². The Kier molecular flexibility index (Phi) is 2.57. The number of allylic oxidation sites excluding steroid dienone is 4. The summed E-state index contributed by atoms with van der Waals surface area (Å²) >= 11 is 0. The maximum Gasteiger partial charge on any atom is 0.0353 e. The Morgan fingerprint density at radius 1 is 1.31 bits per heavy atom. The van der Waals surface area contributed by atoms with Gasteiger partial charge in [-0.15, -0.1) is 0 Å². The molecule has 0 saturated carbocycles. The number of fused-ring (bicyclic) bond motifs is 1. The number of aryl methyl sites for hydroxylation is 1. The molecule has 1 aliphatic rings. The van der Waals surface area contributed by atoms with Crippen LogP contribution in [0.4, 0.5) is 0 Å². The lowest BCUT2D eigenvalue weighted by molar-refractivity contribution is 1.24. The van der Waals surface area contributed by atoms with E-state index in [9.17, 15) is 0 Å². The maximum absolute atomic E-state index is 4.22. The number of aromatic nitrogens is 1. The van der Waals surface area contributed by atoms with Gasteiger partial charge in [-0.2, -0.15) is 0 Å². The summed E-state index contributed by atoms with van der Waals surface area (Å²) in [6, 6.07) is 0. The molecular formula is C14H14N2. The molecule has 2 rings (SSSR count). The highest BCUT2D eigenvalue weighted by Crippen LogP contribution is 2.40. The highest BCUT2D eigenvalue weighted by atomic mass is 14.7. The molecule has 0 bridgehead atoms. The summed E-state index contributed by atoms with van der Waals surface area (Å²) in [7, 11) is 1.76. The molecule has 0 spiro atoms. The second-order valence-corrected chi connectivity index (χ2v) is 3.78. The number of rotatable bonds is 2. The van der Waals surface area contributed by atoms with Crippen LogP contribution in [0.2, 0.25) is 0 Å². The monoisotopic (exact) mass is 210 g/mol. The molecule has 0 atom stereocenters. The normalized spacial score (nSPS) is 14.8. The molecule has 0 amide bonds. The van der Waals surface area contributed by atoms with Crippen LogP contribution in [-0.2, 0) is 0 Å². The van der Waals surface area contributed by atoms with Gasteiger partial charge < -0.3 is 0 Å². The van der Waals surface area contributed by atoms with Crippen molar-refractivity contribution in [1.29, 1.82) is 0 Å². The number of hydrogen-bond donors (Lipinski definition) is 0. The van der Waals surface area contributed by atoms with E-state index in [2.05, 4.69) is 23.1 Å². The van der Waals surface area contributed by atoms with Crippen molar-refractivity contribution >= 4 is 17.4 Å². The molecular weight excluding hydrogens is 196 g/mol.